The summed E-state index contributed by atoms with van der Waals surface area (Å²) in [7, 11) is 0. The van der Waals surface area contributed by atoms with Crippen molar-refractivity contribution in [2.75, 3.05) is 0 Å². The van der Waals surface area contributed by atoms with Crippen molar-refractivity contribution in [1.29, 1.82) is 0 Å². The van der Waals surface area contributed by atoms with Gasteiger partial charge in [-0.15, -0.1) is 11.3 Å². The van der Waals surface area contributed by atoms with E-state index in [-0.39, 0.29) is 0 Å². The second kappa shape index (κ2) is 11.0. The van der Waals surface area contributed by atoms with Crippen molar-refractivity contribution in [2.24, 2.45) is 0 Å². The molecule has 0 unspecified atom stereocenters. The van der Waals surface area contributed by atoms with Gasteiger partial charge in [-0.05, 0) is 82.9 Å². The fourth-order valence-electron chi connectivity index (χ4n) is 8.25. The number of hydrogen-bond donors (Lipinski definition) is 0. The van der Waals surface area contributed by atoms with Gasteiger partial charge in [-0.2, -0.15) is 0 Å². The van der Waals surface area contributed by atoms with Crippen LogP contribution in [0.3, 0.4) is 0 Å². The molecule has 238 valence electrons. The number of fused-ring (bicyclic) bond motifs is 10. The molecular weight excluding hydrogens is 637 g/mol. The van der Waals surface area contributed by atoms with Gasteiger partial charge in [0.25, 0.3) is 0 Å². The number of thiophene rings is 1. The molecule has 0 N–H and O–H groups in total. The quantitative estimate of drug-likeness (QED) is 0.177. The summed E-state index contributed by atoms with van der Waals surface area (Å²) in [6, 6.07) is 66.5. The van der Waals surface area contributed by atoms with E-state index < -0.39 is 0 Å². The smallest absolute Gasteiger partial charge is 0.0726 e. The maximum absolute atomic E-state index is 2.48. The standard InChI is InChI=1S/C48H30N2S/c1-3-13-31(14-4-1)32-23-26-35(27-24-32)49-42-20-10-7-17-36(42)40-29-33(25-28-44(40)49)39-30-41-37-18-9-12-22-45(37)51-48(41)47-46(39)38-19-8-11-21-43(38)50(47)34-15-5-2-6-16-34/h1-30H. The van der Waals surface area contributed by atoms with Crippen LogP contribution in [0.15, 0.2) is 182 Å². The van der Waals surface area contributed by atoms with Crippen LogP contribution in [0.5, 0.6) is 0 Å². The maximum atomic E-state index is 2.48. The van der Waals surface area contributed by atoms with Crippen LogP contribution < -0.4 is 0 Å². The van der Waals surface area contributed by atoms with Crippen molar-refractivity contribution in [2.45, 2.75) is 0 Å². The average molecular weight is 667 g/mol. The predicted molar refractivity (Wildman–Crippen MR) is 219 cm³/mol. The van der Waals surface area contributed by atoms with Gasteiger partial charge in [-0.25, -0.2) is 0 Å². The third-order valence-corrected chi connectivity index (χ3v) is 11.7. The first kappa shape index (κ1) is 28.4. The summed E-state index contributed by atoms with van der Waals surface area (Å²) in [6.07, 6.45) is 0. The van der Waals surface area contributed by atoms with Gasteiger partial charge in [-0.3, -0.25) is 0 Å². The predicted octanol–water partition coefficient (Wildman–Crippen LogP) is 13.6. The normalized spacial score (nSPS) is 11.9. The van der Waals surface area contributed by atoms with E-state index in [0.29, 0.717) is 0 Å². The van der Waals surface area contributed by atoms with Crippen molar-refractivity contribution in [3.8, 4) is 33.6 Å². The molecule has 3 heterocycles. The molecule has 0 saturated carbocycles. The highest BCUT2D eigenvalue weighted by atomic mass is 32.1. The molecule has 0 amide bonds. The molecule has 3 aromatic heterocycles. The van der Waals surface area contributed by atoms with Gasteiger partial charge >= 0.3 is 0 Å². The Balaban J connectivity index is 1.21. The highest BCUT2D eigenvalue weighted by Crippen LogP contribution is 2.48. The first-order valence-electron chi connectivity index (χ1n) is 17.4. The fourth-order valence-corrected chi connectivity index (χ4v) is 9.48. The summed E-state index contributed by atoms with van der Waals surface area (Å²) >= 11 is 1.90. The van der Waals surface area contributed by atoms with Crippen LogP contribution in [-0.2, 0) is 0 Å². The zero-order valence-electron chi connectivity index (χ0n) is 27.6. The lowest BCUT2D eigenvalue weighted by molar-refractivity contribution is 1.18. The van der Waals surface area contributed by atoms with Gasteiger partial charge in [0, 0.05) is 48.4 Å². The van der Waals surface area contributed by atoms with E-state index in [9.17, 15) is 0 Å². The summed E-state index contributed by atoms with van der Waals surface area (Å²) in [4.78, 5) is 0. The number of para-hydroxylation sites is 3. The molecule has 0 spiro atoms. The first-order chi connectivity index (χ1) is 25.3. The zero-order valence-corrected chi connectivity index (χ0v) is 28.4. The molecule has 11 rings (SSSR count). The lowest BCUT2D eigenvalue weighted by Crippen LogP contribution is -1.94. The van der Waals surface area contributed by atoms with Crippen LogP contribution in [-0.4, -0.2) is 9.13 Å². The Morgan fingerprint density at radius 1 is 0.353 bits per heavy atom. The molecule has 0 bridgehead atoms. The van der Waals surface area contributed by atoms with E-state index in [0.717, 1.165) is 5.69 Å². The Morgan fingerprint density at radius 2 is 0.922 bits per heavy atom. The molecule has 2 nitrogen and oxygen atoms in total. The largest absolute Gasteiger partial charge is 0.309 e. The van der Waals surface area contributed by atoms with Crippen molar-refractivity contribution in [3.63, 3.8) is 0 Å². The minimum Gasteiger partial charge on any atom is -0.309 e. The van der Waals surface area contributed by atoms with Crippen LogP contribution in [0.1, 0.15) is 0 Å². The number of aromatic nitrogens is 2. The Kier molecular flexibility index (Phi) is 6.16. The van der Waals surface area contributed by atoms with E-state index in [1.165, 1.54) is 91.7 Å². The first-order valence-corrected chi connectivity index (χ1v) is 18.3. The third-order valence-electron chi connectivity index (χ3n) is 10.5. The zero-order chi connectivity index (χ0) is 33.5. The molecular formula is C48H30N2S. The van der Waals surface area contributed by atoms with Crippen molar-refractivity contribution in [1.82, 2.24) is 9.13 Å². The minimum absolute atomic E-state index is 1.16. The Bertz CT molecular complexity index is 3110. The Morgan fingerprint density at radius 3 is 1.71 bits per heavy atom. The van der Waals surface area contributed by atoms with Crippen molar-refractivity contribution < 1.29 is 0 Å². The fraction of sp³-hybridized carbons (Fsp3) is 0. The van der Waals surface area contributed by atoms with Gasteiger partial charge in [0.1, 0.15) is 0 Å². The summed E-state index contributed by atoms with van der Waals surface area (Å²) in [6.45, 7) is 0. The maximum Gasteiger partial charge on any atom is 0.0726 e. The van der Waals surface area contributed by atoms with E-state index in [1.54, 1.807) is 0 Å². The van der Waals surface area contributed by atoms with E-state index >= 15 is 0 Å². The molecule has 0 radical (unpaired) electrons. The molecule has 8 aromatic carbocycles. The molecule has 0 aliphatic heterocycles. The molecule has 0 aliphatic rings. The second-order valence-electron chi connectivity index (χ2n) is 13.3. The number of nitrogens with zero attached hydrogens (tertiary/aromatic N) is 2. The SMILES string of the molecule is c1ccc(-c2ccc(-n3c4ccccc4c4cc(-c5cc6c7ccccc7sc6c6c5c5ccccc5n6-c5ccccc5)ccc43)cc2)cc1. The molecule has 0 atom stereocenters. The highest BCUT2D eigenvalue weighted by molar-refractivity contribution is 7.26. The third kappa shape index (κ3) is 4.22. The highest BCUT2D eigenvalue weighted by Gasteiger charge is 2.22. The van der Waals surface area contributed by atoms with E-state index in [4.69, 9.17) is 0 Å². The molecule has 51 heavy (non-hydrogen) atoms. The van der Waals surface area contributed by atoms with Crippen molar-refractivity contribution >= 4 is 75.1 Å². The van der Waals surface area contributed by atoms with E-state index in [2.05, 4.69) is 191 Å². The number of rotatable bonds is 4. The topological polar surface area (TPSA) is 9.86 Å². The minimum atomic E-state index is 1.16. The van der Waals surface area contributed by atoms with Crippen LogP contribution in [0.2, 0.25) is 0 Å². The van der Waals surface area contributed by atoms with Crippen LogP contribution >= 0.6 is 11.3 Å². The Hall–Kier alpha value is -6.42. The summed E-state index contributed by atoms with van der Waals surface area (Å²) in [5.41, 5.74) is 12.2. The monoisotopic (exact) mass is 666 g/mol. The van der Waals surface area contributed by atoms with E-state index in [1.807, 2.05) is 11.3 Å². The van der Waals surface area contributed by atoms with Crippen LogP contribution in [0.25, 0.3) is 97.4 Å². The lowest BCUT2D eigenvalue weighted by Gasteiger charge is -2.12. The average Bonchev–Trinajstić information content (AvgIpc) is 3.86. The summed E-state index contributed by atoms with van der Waals surface area (Å²) < 4.78 is 7.53. The van der Waals surface area contributed by atoms with Gasteiger partial charge in [0.05, 0.1) is 26.8 Å². The van der Waals surface area contributed by atoms with Gasteiger partial charge < -0.3 is 9.13 Å². The van der Waals surface area contributed by atoms with Crippen LogP contribution in [0.4, 0.5) is 0 Å². The summed E-state index contributed by atoms with van der Waals surface area (Å²) in [5.74, 6) is 0. The molecule has 0 fully saturated rings. The second-order valence-corrected chi connectivity index (χ2v) is 14.4. The number of benzene rings is 8. The molecule has 0 aliphatic carbocycles. The van der Waals surface area contributed by atoms with Crippen molar-refractivity contribution in [3.05, 3.63) is 182 Å². The van der Waals surface area contributed by atoms with Gasteiger partial charge in [0.15, 0.2) is 0 Å². The number of hydrogen-bond acceptors (Lipinski definition) is 1. The molecule has 3 heteroatoms. The lowest BCUT2D eigenvalue weighted by atomic mass is 9.95. The van der Waals surface area contributed by atoms with Gasteiger partial charge in [0.2, 0.25) is 0 Å². The van der Waals surface area contributed by atoms with Crippen LogP contribution in [0, 0.1) is 0 Å². The summed E-state index contributed by atoms with van der Waals surface area (Å²) in [5, 5.41) is 7.69. The van der Waals surface area contributed by atoms with Gasteiger partial charge in [-0.1, -0.05) is 121 Å². The molecule has 11 aromatic rings. The molecule has 0 saturated heterocycles. The Labute approximate surface area is 298 Å².